The third-order valence-electron chi connectivity index (χ3n) is 3.77. The molecule has 0 aliphatic carbocycles. The first-order valence-corrected chi connectivity index (χ1v) is 7.89. The molecular weight excluding hydrogens is 302 g/mol. The van der Waals surface area contributed by atoms with Gasteiger partial charge in [0.15, 0.2) is 0 Å². The normalized spacial score (nSPS) is 11.0. The number of carbonyl (C=O) groups is 1. The zero-order valence-corrected chi connectivity index (χ0v) is 14.1. The van der Waals surface area contributed by atoms with Crippen LogP contribution in [0.2, 0.25) is 0 Å². The van der Waals surface area contributed by atoms with Gasteiger partial charge in [-0.1, -0.05) is 24.3 Å². The van der Waals surface area contributed by atoms with E-state index in [1.54, 1.807) is 12.2 Å². The van der Waals surface area contributed by atoms with Gasteiger partial charge >= 0.3 is 0 Å². The van der Waals surface area contributed by atoms with E-state index in [4.69, 9.17) is 5.11 Å². The number of aliphatic hydroxyl groups is 1. The molecule has 0 radical (unpaired) electrons. The van der Waals surface area contributed by atoms with Crippen LogP contribution >= 0.6 is 0 Å². The van der Waals surface area contributed by atoms with E-state index in [-0.39, 0.29) is 19.1 Å². The molecule has 1 heterocycles. The van der Waals surface area contributed by atoms with E-state index in [0.717, 1.165) is 22.6 Å². The van der Waals surface area contributed by atoms with Gasteiger partial charge in [-0.05, 0) is 32.1 Å². The number of hydrogen-bond acceptors (Lipinski definition) is 3. The van der Waals surface area contributed by atoms with Gasteiger partial charge in [-0.15, -0.1) is 6.58 Å². The minimum Gasteiger partial charge on any atom is -0.395 e. The van der Waals surface area contributed by atoms with Crippen LogP contribution in [0.15, 0.2) is 49.1 Å². The summed E-state index contributed by atoms with van der Waals surface area (Å²) in [7, 11) is 0. The molecule has 0 spiro atoms. The quantitative estimate of drug-likeness (QED) is 0.628. The van der Waals surface area contributed by atoms with Crippen molar-refractivity contribution >= 4 is 12.0 Å². The van der Waals surface area contributed by atoms with E-state index in [1.807, 2.05) is 48.9 Å². The van der Waals surface area contributed by atoms with Crippen LogP contribution in [0.5, 0.6) is 0 Å². The van der Waals surface area contributed by atoms with Gasteiger partial charge in [0.25, 0.3) is 0 Å². The topological polar surface area (TPSA) is 58.4 Å². The molecule has 1 aromatic heterocycles. The molecule has 0 saturated carbocycles. The zero-order valence-electron chi connectivity index (χ0n) is 14.1. The number of amides is 1. The lowest BCUT2D eigenvalue weighted by atomic mass is 10.1. The molecule has 0 unspecified atom stereocenters. The van der Waals surface area contributed by atoms with Crippen molar-refractivity contribution in [2.75, 3.05) is 19.7 Å². The highest BCUT2D eigenvalue weighted by Crippen LogP contribution is 2.19. The first-order chi connectivity index (χ1) is 11.6. The van der Waals surface area contributed by atoms with Crippen molar-refractivity contribution in [2.24, 2.45) is 0 Å². The highest BCUT2D eigenvalue weighted by molar-refractivity contribution is 5.92. The minimum atomic E-state index is -0.157. The number of aryl methyl sites for hydroxylation is 1. The molecule has 2 aromatic rings. The number of nitrogens with zero attached hydrogens (tertiary/aromatic N) is 3. The molecule has 0 bridgehead atoms. The molecule has 0 aliphatic heterocycles. The van der Waals surface area contributed by atoms with E-state index < -0.39 is 0 Å². The highest BCUT2D eigenvalue weighted by Gasteiger charge is 2.12. The standard InChI is InChI=1S/C19H23N3O2/c1-4-12-21(13-14-23)19(24)11-10-18-15(2)20-22(16(18)3)17-8-6-5-7-9-17/h4-11,23H,1,12-14H2,2-3H3/b11-10+. The number of aliphatic hydroxyl groups excluding tert-OH is 1. The Kier molecular flexibility index (Phi) is 6.09. The predicted octanol–water partition coefficient (Wildman–Crippen LogP) is 2.51. The zero-order chi connectivity index (χ0) is 17.5. The van der Waals surface area contributed by atoms with Gasteiger partial charge < -0.3 is 10.0 Å². The fraction of sp³-hybridized carbons (Fsp3) is 0.263. The van der Waals surface area contributed by atoms with Crippen molar-refractivity contribution in [1.82, 2.24) is 14.7 Å². The maximum atomic E-state index is 12.2. The van der Waals surface area contributed by atoms with Crippen molar-refractivity contribution in [2.45, 2.75) is 13.8 Å². The Morgan fingerprint density at radius 2 is 2.04 bits per heavy atom. The second kappa shape index (κ2) is 8.26. The highest BCUT2D eigenvalue weighted by atomic mass is 16.3. The Bertz CT molecular complexity index is 733. The van der Waals surface area contributed by atoms with Crippen LogP contribution in [0.1, 0.15) is 17.0 Å². The molecule has 1 aromatic carbocycles. The molecule has 24 heavy (non-hydrogen) atoms. The van der Waals surface area contributed by atoms with Crippen LogP contribution in [0.4, 0.5) is 0 Å². The lowest BCUT2D eigenvalue weighted by Crippen LogP contribution is -2.32. The van der Waals surface area contributed by atoms with Gasteiger partial charge in [0, 0.05) is 30.4 Å². The smallest absolute Gasteiger partial charge is 0.246 e. The molecule has 5 heteroatoms. The Labute approximate surface area is 142 Å². The molecule has 0 saturated heterocycles. The maximum Gasteiger partial charge on any atom is 0.246 e. The summed E-state index contributed by atoms with van der Waals surface area (Å²) < 4.78 is 1.87. The lowest BCUT2D eigenvalue weighted by Gasteiger charge is -2.17. The summed E-state index contributed by atoms with van der Waals surface area (Å²) in [5, 5.41) is 13.6. The summed E-state index contributed by atoms with van der Waals surface area (Å²) in [4.78, 5) is 13.8. The average molecular weight is 325 g/mol. The van der Waals surface area contributed by atoms with Crippen LogP contribution in [0.3, 0.4) is 0 Å². The minimum absolute atomic E-state index is 0.0720. The molecule has 126 valence electrons. The van der Waals surface area contributed by atoms with Gasteiger partial charge in [0.2, 0.25) is 5.91 Å². The largest absolute Gasteiger partial charge is 0.395 e. The Balaban J connectivity index is 2.25. The second-order valence-electron chi connectivity index (χ2n) is 5.46. The van der Waals surface area contributed by atoms with E-state index >= 15 is 0 Å². The van der Waals surface area contributed by atoms with E-state index in [1.165, 1.54) is 11.0 Å². The van der Waals surface area contributed by atoms with E-state index in [2.05, 4.69) is 11.7 Å². The van der Waals surface area contributed by atoms with Gasteiger partial charge in [0.05, 0.1) is 18.0 Å². The second-order valence-corrected chi connectivity index (χ2v) is 5.46. The molecule has 0 aliphatic rings. The number of benzene rings is 1. The molecule has 2 rings (SSSR count). The Morgan fingerprint density at radius 3 is 2.67 bits per heavy atom. The lowest BCUT2D eigenvalue weighted by molar-refractivity contribution is -0.125. The molecule has 1 N–H and O–H groups in total. The van der Waals surface area contributed by atoms with E-state index in [0.29, 0.717) is 6.54 Å². The summed E-state index contributed by atoms with van der Waals surface area (Å²) in [5.41, 5.74) is 3.74. The van der Waals surface area contributed by atoms with Crippen LogP contribution < -0.4 is 0 Å². The number of rotatable bonds is 7. The third-order valence-corrected chi connectivity index (χ3v) is 3.77. The van der Waals surface area contributed by atoms with Crippen LogP contribution in [0, 0.1) is 13.8 Å². The van der Waals surface area contributed by atoms with Gasteiger partial charge in [-0.3, -0.25) is 4.79 Å². The number of para-hydroxylation sites is 1. The average Bonchev–Trinajstić information content (AvgIpc) is 2.87. The summed E-state index contributed by atoms with van der Waals surface area (Å²) >= 11 is 0. The Morgan fingerprint density at radius 1 is 1.33 bits per heavy atom. The summed E-state index contributed by atoms with van der Waals surface area (Å²) in [6, 6.07) is 9.88. The number of aromatic nitrogens is 2. The molecule has 0 fully saturated rings. The van der Waals surface area contributed by atoms with Gasteiger partial charge in [-0.25, -0.2) is 4.68 Å². The van der Waals surface area contributed by atoms with Gasteiger partial charge in [-0.2, -0.15) is 5.10 Å². The molecular formula is C19H23N3O2. The molecule has 5 nitrogen and oxygen atoms in total. The SMILES string of the molecule is C=CCN(CCO)C(=O)/C=C/c1c(C)nn(-c2ccccc2)c1C. The van der Waals surface area contributed by atoms with Crippen LogP contribution in [0.25, 0.3) is 11.8 Å². The maximum absolute atomic E-state index is 12.2. The van der Waals surface area contributed by atoms with Crippen molar-refractivity contribution in [3.05, 3.63) is 66.0 Å². The van der Waals surface area contributed by atoms with Crippen LogP contribution in [-0.4, -0.2) is 45.4 Å². The summed E-state index contributed by atoms with van der Waals surface area (Å²) in [5.74, 6) is -0.157. The number of hydrogen-bond donors (Lipinski definition) is 1. The van der Waals surface area contributed by atoms with Crippen molar-refractivity contribution in [3.8, 4) is 5.69 Å². The van der Waals surface area contributed by atoms with Crippen molar-refractivity contribution in [1.29, 1.82) is 0 Å². The predicted molar refractivity (Wildman–Crippen MR) is 95.9 cm³/mol. The van der Waals surface area contributed by atoms with Crippen molar-refractivity contribution in [3.63, 3.8) is 0 Å². The van der Waals surface area contributed by atoms with Crippen LogP contribution in [-0.2, 0) is 4.79 Å². The molecule has 1 amide bonds. The van der Waals surface area contributed by atoms with E-state index in [9.17, 15) is 4.79 Å². The van der Waals surface area contributed by atoms with Gasteiger partial charge in [0.1, 0.15) is 0 Å². The first kappa shape index (κ1) is 17.7. The van der Waals surface area contributed by atoms with Crippen molar-refractivity contribution < 1.29 is 9.90 Å². The number of carbonyl (C=O) groups excluding carboxylic acids is 1. The summed E-state index contributed by atoms with van der Waals surface area (Å²) in [6.45, 7) is 8.16. The summed E-state index contributed by atoms with van der Waals surface area (Å²) in [6.07, 6.45) is 4.95. The first-order valence-electron chi connectivity index (χ1n) is 7.89. The fourth-order valence-corrected chi connectivity index (χ4v) is 2.54. The molecule has 0 atom stereocenters. The monoisotopic (exact) mass is 325 g/mol. The Hall–Kier alpha value is -2.66. The third kappa shape index (κ3) is 4.00. The fourth-order valence-electron chi connectivity index (χ4n) is 2.54.